The van der Waals surface area contributed by atoms with E-state index in [1.54, 1.807) is 32.7 Å². The molecule has 2 saturated heterocycles. The Morgan fingerprint density at radius 3 is 2.17 bits per heavy atom. The molecule has 0 unspecified atom stereocenters. The van der Waals surface area contributed by atoms with Gasteiger partial charge in [-0.15, -0.1) is 0 Å². The molecular formula is C27H34N4O4S. The largest absolute Gasteiger partial charge is 0.493 e. The number of rotatable bonds is 6. The van der Waals surface area contributed by atoms with Crippen LogP contribution < -0.4 is 24.0 Å². The van der Waals surface area contributed by atoms with Gasteiger partial charge in [-0.1, -0.05) is 18.3 Å². The lowest BCUT2D eigenvalue weighted by atomic mass is 10.00. The molecule has 0 N–H and O–H groups in total. The number of carbonyl (C=O) groups is 1. The lowest BCUT2D eigenvalue weighted by Gasteiger charge is -2.36. The molecule has 0 bridgehead atoms. The van der Waals surface area contributed by atoms with Crippen LogP contribution in [0, 0.1) is 5.92 Å². The zero-order valence-electron chi connectivity index (χ0n) is 21.5. The number of ether oxygens (including phenoxy) is 3. The lowest BCUT2D eigenvalue weighted by molar-refractivity contribution is 0.0747. The number of aromatic nitrogens is 1. The second-order valence-electron chi connectivity index (χ2n) is 9.51. The topological polar surface area (TPSA) is 67.4 Å². The normalized spacial score (nSPS) is 16.9. The number of nitrogens with zero attached hydrogens (tertiary/aromatic N) is 4. The smallest absolute Gasteiger partial charge is 0.254 e. The summed E-state index contributed by atoms with van der Waals surface area (Å²) in [6.07, 6.45) is 2.42. The van der Waals surface area contributed by atoms with E-state index in [9.17, 15) is 4.79 Å². The SMILES string of the molecule is COc1cc(N2CCN(C(=O)c3ccc4nc(N5CCC(C)CC5)sc4c3)CC2)cc(OC)c1OC. The minimum absolute atomic E-state index is 0.0724. The van der Waals surface area contributed by atoms with E-state index in [0.29, 0.717) is 30.3 Å². The average molecular weight is 511 g/mol. The van der Waals surface area contributed by atoms with Crippen LogP contribution in [0.2, 0.25) is 0 Å². The number of methoxy groups -OCH3 is 3. The molecular weight excluding hydrogens is 476 g/mol. The molecule has 2 aliphatic rings. The van der Waals surface area contributed by atoms with Crippen LogP contribution in [0.3, 0.4) is 0 Å². The summed E-state index contributed by atoms with van der Waals surface area (Å²) < 4.78 is 17.5. The van der Waals surface area contributed by atoms with Crippen molar-refractivity contribution in [2.75, 3.05) is 70.4 Å². The minimum atomic E-state index is 0.0724. The van der Waals surface area contributed by atoms with Crippen LogP contribution in [0.1, 0.15) is 30.1 Å². The summed E-state index contributed by atoms with van der Waals surface area (Å²) in [6, 6.07) is 9.82. The van der Waals surface area contributed by atoms with Gasteiger partial charge in [0.1, 0.15) is 0 Å². The van der Waals surface area contributed by atoms with Crippen molar-refractivity contribution in [2.45, 2.75) is 19.8 Å². The van der Waals surface area contributed by atoms with Crippen molar-refractivity contribution < 1.29 is 19.0 Å². The standard InChI is InChI=1S/C27H34N4O4S/c1-18-7-9-31(10-8-18)27-28-21-6-5-19(15-24(21)36-27)26(32)30-13-11-29(12-14-30)20-16-22(33-2)25(35-4)23(17-20)34-3/h5-6,15-18H,7-14H2,1-4H3. The van der Waals surface area contributed by atoms with Gasteiger partial charge in [-0.25, -0.2) is 4.98 Å². The highest BCUT2D eigenvalue weighted by atomic mass is 32.1. The van der Waals surface area contributed by atoms with E-state index in [1.807, 2.05) is 35.2 Å². The number of fused-ring (bicyclic) bond motifs is 1. The fourth-order valence-corrected chi connectivity index (χ4v) is 6.04. The highest BCUT2D eigenvalue weighted by Gasteiger charge is 2.25. The van der Waals surface area contributed by atoms with Crippen LogP contribution in [0.25, 0.3) is 10.2 Å². The van der Waals surface area contributed by atoms with E-state index in [-0.39, 0.29) is 5.91 Å². The van der Waals surface area contributed by atoms with Gasteiger partial charge in [0.05, 0.1) is 31.5 Å². The van der Waals surface area contributed by atoms with E-state index in [2.05, 4.69) is 16.7 Å². The Morgan fingerprint density at radius 1 is 0.889 bits per heavy atom. The molecule has 8 nitrogen and oxygen atoms in total. The quantitative estimate of drug-likeness (QED) is 0.483. The summed E-state index contributed by atoms with van der Waals surface area (Å²) in [6.45, 7) is 7.18. The molecule has 3 heterocycles. The highest BCUT2D eigenvalue weighted by molar-refractivity contribution is 7.22. The van der Waals surface area contributed by atoms with Gasteiger partial charge < -0.3 is 28.9 Å². The number of amides is 1. The Labute approximate surface area is 216 Å². The molecule has 9 heteroatoms. The number of piperazine rings is 1. The molecule has 192 valence electrons. The minimum Gasteiger partial charge on any atom is -0.493 e. The zero-order valence-corrected chi connectivity index (χ0v) is 22.3. The number of thiazole rings is 1. The Hall–Kier alpha value is -3.20. The molecule has 2 aromatic carbocycles. The van der Waals surface area contributed by atoms with Gasteiger partial charge in [-0.2, -0.15) is 0 Å². The molecule has 0 atom stereocenters. The Balaban J connectivity index is 1.26. The maximum Gasteiger partial charge on any atom is 0.254 e. The monoisotopic (exact) mass is 510 g/mol. The van der Waals surface area contributed by atoms with Gasteiger partial charge in [0, 0.05) is 62.7 Å². The molecule has 1 aromatic heterocycles. The van der Waals surface area contributed by atoms with Gasteiger partial charge in [0.15, 0.2) is 16.6 Å². The third-order valence-electron chi connectivity index (χ3n) is 7.26. The molecule has 3 aromatic rings. The lowest BCUT2D eigenvalue weighted by Crippen LogP contribution is -2.48. The van der Waals surface area contributed by atoms with Gasteiger partial charge >= 0.3 is 0 Å². The molecule has 36 heavy (non-hydrogen) atoms. The molecule has 1 amide bonds. The van der Waals surface area contributed by atoms with Crippen LogP contribution in [0.15, 0.2) is 30.3 Å². The Kier molecular flexibility index (Phi) is 7.09. The summed E-state index contributed by atoms with van der Waals surface area (Å²) in [4.78, 5) is 24.7. The third-order valence-corrected chi connectivity index (χ3v) is 8.34. The predicted octanol–water partition coefficient (Wildman–Crippen LogP) is 4.52. The second kappa shape index (κ2) is 10.4. The number of hydrogen-bond donors (Lipinski definition) is 0. The number of anilines is 2. The van der Waals surface area contributed by atoms with Crippen LogP contribution in [0.5, 0.6) is 17.2 Å². The van der Waals surface area contributed by atoms with Crippen molar-refractivity contribution in [3.05, 3.63) is 35.9 Å². The van der Waals surface area contributed by atoms with E-state index in [4.69, 9.17) is 19.2 Å². The second-order valence-corrected chi connectivity index (χ2v) is 10.5. The first-order valence-electron chi connectivity index (χ1n) is 12.5. The maximum absolute atomic E-state index is 13.3. The summed E-state index contributed by atoms with van der Waals surface area (Å²) in [5, 5.41) is 1.07. The van der Waals surface area contributed by atoms with E-state index in [1.165, 1.54) is 12.8 Å². The van der Waals surface area contributed by atoms with Crippen molar-refractivity contribution in [3.63, 3.8) is 0 Å². The van der Waals surface area contributed by atoms with Gasteiger partial charge in [0.25, 0.3) is 5.91 Å². The molecule has 0 aliphatic carbocycles. The van der Waals surface area contributed by atoms with Crippen molar-refractivity contribution in [3.8, 4) is 17.2 Å². The molecule has 2 aliphatic heterocycles. The van der Waals surface area contributed by atoms with Crippen molar-refractivity contribution >= 4 is 38.3 Å². The fraction of sp³-hybridized carbons (Fsp3) is 0.481. The van der Waals surface area contributed by atoms with E-state index < -0.39 is 0 Å². The van der Waals surface area contributed by atoms with Gasteiger partial charge in [-0.3, -0.25) is 4.79 Å². The number of piperidine rings is 1. The van der Waals surface area contributed by atoms with Crippen LogP contribution in [0.4, 0.5) is 10.8 Å². The fourth-order valence-electron chi connectivity index (χ4n) is 4.98. The summed E-state index contributed by atoms with van der Waals surface area (Å²) in [7, 11) is 4.84. The number of benzene rings is 2. The predicted molar refractivity (Wildman–Crippen MR) is 144 cm³/mol. The maximum atomic E-state index is 13.3. The molecule has 0 spiro atoms. The third kappa shape index (κ3) is 4.76. The summed E-state index contributed by atoms with van der Waals surface area (Å²) >= 11 is 1.69. The van der Waals surface area contributed by atoms with Gasteiger partial charge in [0.2, 0.25) is 5.75 Å². The van der Waals surface area contributed by atoms with Crippen LogP contribution in [-0.2, 0) is 0 Å². The van der Waals surface area contributed by atoms with Crippen LogP contribution in [-0.4, -0.2) is 76.4 Å². The highest BCUT2D eigenvalue weighted by Crippen LogP contribution is 2.41. The molecule has 5 rings (SSSR count). The van der Waals surface area contributed by atoms with Crippen molar-refractivity contribution in [1.82, 2.24) is 9.88 Å². The first kappa shape index (κ1) is 24.5. The van der Waals surface area contributed by atoms with Crippen molar-refractivity contribution in [1.29, 1.82) is 0 Å². The average Bonchev–Trinajstić information content (AvgIpc) is 3.35. The van der Waals surface area contributed by atoms with Crippen LogP contribution >= 0.6 is 11.3 Å². The molecule has 0 radical (unpaired) electrons. The Morgan fingerprint density at radius 2 is 1.56 bits per heavy atom. The van der Waals surface area contributed by atoms with Gasteiger partial charge in [-0.05, 0) is 37.0 Å². The van der Waals surface area contributed by atoms with E-state index in [0.717, 1.165) is 58.7 Å². The number of carbonyl (C=O) groups excluding carboxylic acids is 1. The van der Waals surface area contributed by atoms with E-state index >= 15 is 0 Å². The number of hydrogen-bond acceptors (Lipinski definition) is 8. The molecule has 2 fully saturated rings. The summed E-state index contributed by atoms with van der Waals surface area (Å²) in [5.74, 6) is 2.69. The first-order valence-corrected chi connectivity index (χ1v) is 13.3. The summed E-state index contributed by atoms with van der Waals surface area (Å²) in [5.41, 5.74) is 2.69. The van der Waals surface area contributed by atoms with Crippen molar-refractivity contribution in [2.24, 2.45) is 5.92 Å². The first-order chi connectivity index (χ1) is 17.5. The Bertz CT molecular complexity index is 1200. The zero-order chi connectivity index (χ0) is 25.2. The molecule has 0 saturated carbocycles.